The van der Waals surface area contributed by atoms with Crippen LogP contribution in [0.25, 0.3) is 0 Å². The molecule has 1 atom stereocenters. The number of piperidine rings is 1. The molecule has 0 unspecified atom stereocenters. The lowest BCUT2D eigenvalue weighted by molar-refractivity contribution is -0.118. The largest absolute Gasteiger partial charge is 0.502 e. The number of nitrogens with two attached hydrogens (primary N) is 1. The molecule has 208 valence electrons. The fraction of sp³-hybridized carbons (Fsp3) is 0.400. The van der Waals surface area contributed by atoms with Crippen molar-refractivity contribution in [3.05, 3.63) is 81.4 Å². The zero-order valence-corrected chi connectivity index (χ0v) is 22.5. The summed E-state index contributed by atoms with van der Waals surface area (Å²) in [5.41, 5.74) is 6.72. The van der Waals surface area contributed by atoms with Crippen LogP contribution in [0, 0.1) is 0 Å². The van der Waals surface area contributed by atoms with Crippen LogP contribution in [-0.4, -0.2) is 49.8 Å². The summed E-state index contributed by atoms with van der Waals surface area (Å²) in [6, 6.07) is 14.3. The van der Waals surface area contributed by atoms with Crippen LogP contribution in [0.3, 0.4) is 0 Å². The zero-order chi connectivity index (χ0) is 27.8. The number of nitrogens with zero attached hydrogens (tertiary/aromatic N) is 1. The number of carbonyl (C=O) groups is 1. The van der Waals surface area contributed by atoms with Gasteiger partial charge in [-0.3, -0.25) is 14.5 Å². The van der Waals surface area contributed by atoms with E-state index >= 15 is 0 Å². The lowest BCUT2D eigenvalue weighted by Crippen LogP contribution is -2.29. The molecular weight excluding hydrogens is 500 g/mol. The molecule has 1 aromatic heterocycles. The van der Waals surface area contributed by atoms with Gasteiger partial charge in [-0.05, 0) is 61.3 Å². The molecule has 3 aromatic rings. The Balaban J connectivity index is 1.56. The summed E-state index contributed by atoms with van der Waals surface area (Å²) in [4.78, 5) is 26.9. The number of likely N-dealkylation sites (tertiary alicyclic amines) is 1. The van der Waals surface area contributed by atoms with Gasteiger partial charge in [-0.2, -0.15) is 0 Å². The molecule has 2 heterocycles. The molecule has 0 saturated carbocycles. The van der Waals surface area contributed by atoms with Crippen LogP contribution in [0.4, 0.5) is 0 Å². The Morgan fingerprint density at radius 3 is 2.44 bits per heavy atom. The van der Waals surface area contributed by atoms with E-state index in [2.05, 4.69) is 4.90 Å². The van der Waals surface area contributed by atoms with E-state index in [9.17, 15) is 14.7 Å². The highest BCUT2D eigenvalue weighted by molar-refractivity contribution is 5.75. The first-order valence-corrected chi connectivity index (χ1v) is 13.2. The number of amides is 1. The van der Waals surface area contributed by atoms with E-state index in [0.29, 0.717) is 42.4 Å². The molecule has 1 aliphatic rings. The van der Waals surface area contributed by atoms with Gasteiger partial charge in [0.05, 0.1) is 33.3 Å². The first kappa shape index (κ1) is 28.0. The summed E-state index contributed by atoms with van der Waals surface area (Å²) in [6.07, 6.45) is 3.89. The number of methoxy groups -OCH3 is 2. The predicted molar refractivity (Wildman–Crippen MR) is 147 cm³/mol. The standard InChI is InChI=1S/C30H36N2O7/c1-36-22-9-6-20(7-10-22)12-15-38-26-11-8-21(16-27(26)37-2)24(18-28(31)34)30-29(35)25(33)17-23(39-30)19-32-13-4-3-5-14-32/h6-11,16-17,24,35H,3-5,12-15,18-19H2,1-2H3,(H2,31,34)/t24-/m1/s1. The van der Waals surface area contributed by atoms with Gasteiger partial charge < -0.3 is 29.5 Å². The van der Waals surface area contributed by atoms with Gasteiger partial charge >= 0.3 is 0 Å². The minimum atomic E-state index is -0.779. The van der Waals surface area contributed by atoms with Crippen molar-refractivity contribution in [1.29, 1.82) is 0 Å². The molecule has 9 heteroatoms. The molecule has 39 heavy (non-hydrogen) atoms. The summed E-state index contributed by atoms with van der Waals surface area (Å²) < 4.78 is 22.8. The summed E-state index contributed by atoms with van der Waals surface area (Å²) in [5.74, 6) is 0.322. The molecule has 4 rings (SSSR count). The highest BCUT2D eigenvalue weighted by Gasteiger charge is 2.27. The molecule has 3 N–H and O–H groups in total. The Hall–Kier alpha value is -3.98. The van der Waals surface area contributed by atoms with Crippen molar-refractivity contribution in [2.24, 2.45) is 5.73 Å². The van der Waals surface area contributed by atoms with Gasteiger partial charge in [0.15, 0.2) is 17.3 Å². The van der Waals surface area contributed by atoms with E-state index in [-0.39, 0.29) is 12.2 Å². The van der Waals surface area contributed by atoms with E-state index < -0.39 is 23.0 Å². The van der Waals surface area contributed by atoms with Gasteiger partial charge in [-0.25, -0.2) is 0 Å². The Morgan fingerprint density at radius 2 is 1.77 bits per heavy atom. The van der Waals surface area contributed by atoms with Crippen molar-refractivity contribution in [2.75, 3.05) is 33.9 Å². The van der Waals surface area contributed by atoms with Crippen molar-refractivity contribution < 1.29 is 28.5 Å². The van der Waals surface area contributed by atoms with Crippen molar-refractivity contribution in [3.8, 4) is 23.0 Å². The summed E-state index contributed by atoms with van der Waals surface area (Å²) in [7, 11) is 3.15. The highest BCUT2D eigenvalue weighted by Crippen LogP contribution is 2.38. The lowest BCUT2D eigenvalue weighted by atomic mass is 9.91. The third-order valence-electron chi connectivity index (χ3n) is 6.95. The molecule has 0 radical (unpaired) electrons. The monoisotopic (exact) mass is 536 g/mol. The van der Waals surface area contributed by atoms with Gasteiger partial charge in [0.25, 0.3) is 0 Å². The number of hydrogen-bond acceptors (Lipinski definition) is 8. The third kappa shape index (κ3) is 7.32. The first-order valence-electron chi connectivity index (χ1n) is 13.2. The second-order valence-electron chi connectivity index (χ2n) is 9.71. The third-order valence-corrected chi connectivity index (χ3v) is 6.95. The second-order valence-corrected chi connectivity index (χ2v) is 9.71. The number of benzene rings is 2. The smallest absolute Gasteiger partial charge is 0.227 e. The van der Waals surface area contributed by atoms with Crippen LogP contribution in [-0.2, 0) is 17.8 Å². The molecule has 2 aromatic carbocycles. The summed E-state index contributed by atoms with van der Waals surface area (Å²) >= 11 is 0. The maximum Gasteiger partial charge on any atom is 0.227 e. The minimum Gasteiger partial charge on any atom is -0.502 e. The van der Waals surface area contributed by atoms with Gasteiger partial charge in [0.2, 0.25) is 17.1 Å². The molecule has 9 nitrogen and oxygen atoms in total. The molecule has 1 saturated heterocycles. The maximum atomic E-state index is 12.7. The number of aromatic hydroxyl groups is 1. The molecule has 0 bridgehead atoms. The Bertz CT molecular complexity index is 1310. The van der Waals surface area contributed by atoms with Crippen LogP contribution in [0.5, 0.6) is 23.0 Å². The number of primary amides is 1. The topological polar surface area (TPSA) is 124 Å². The molecule has 0 spiro atoms. The SMILES string of the molecule is COc1ccc(CCOc2ccc([C@@H](CC(N)=O)c3oc(CN4CCCCC4)cc(=O)c3O)cc2OC)cc1. The number of carbonyl (C=O) groups excluding carboxylic acids is 1. The van der Waals surface area contributed by atoms with E-state index in [1.807, 2.05) is 24.3 Å². The Labute approximate surface area is 228 Å². The fourth-order valence-electron chi connectivity index (χ4n) is 4.86. The van der Waals surface area contributed by atoms with Crippen molar-refractivity contribution in [2.45, 2.75) is 44.6 Å². The van der Waals surface area contributed by atoms with E-state index in [1.165, 1.54) is 19.6 Å². The normalized spacial score (nSPS) is 14.5. The zero-order valence-electron chi connectivity index (χ0n) is 22.5. The van der Waals surface area contributed by atoms with E-state index in [1.54, 1.807) is 25.3 Å². The molecule has 1 fully saturated rings. The molecule has 1 aliphatic heterocycles. The van der Waals surface area contributed by atoms with Crippen LogP contribution in [0.2, 0.25) is 0 Å². The number of ether oxygens (including phenoxy) is 3. The van der Waals surface area contributed by atoms with Crippen LogP contribution >= 0.6 is 0 Å². The Morgan fingerprint density at radius 1 is 1.03 bits per heavy atom. The second kappa shape index (κ2) is 13.2. The minimum absolute atomic E-state index is 0.0172. The quantitative estimate of drug-likeness (QED) is 0.356. The average Bonchev–Trinajstić information content (AvgIpc) is 2.94. The van der Waals surface area contributed by atoms with Crippen molar-refractivity contribution >= 4 is 5.91 Å². The number of rotatable bonds is 12. The van der Waals surface area contributed by atoms with Gasteiger partial charge in [-0.15, -0.1) is 0 Å². The average molecular weight is 537 g/mol. The van der Waals surface area contributed by atoms with E-state index in [4.69, 9.17) is 24.4 Å². The highest BCUT2D eigenvalue weighted by atomic mass is 16.5. The van der Waals surface area contributed by atoms with Crippen molar-refractivity contribution in [1.82, 2.24) is 4.90 Å². The lowest BCUT2D eigenvalue weighted by Gasteiger charge is -2.26. The van der Waals surface area contributed by atoms with Crippen molar-refractivity contribution in [3.63, 3.8) is 0 Å². The van der Waals surface area contributed by atoms with Crippen LogP contribution in [0.15, 0.2) is 57.7 Å². The van der Waals surface area contributed by atoms with Crippen LogP contribution < -0.4 is 25.4 Å². The maximum absolute atomic E-state index is 12.7. The van der Waals surface area contributed by atoms with Gasteiger partial charge in [-0.1, -0.05) is 24.6 Å². The molecular formula is C30H36N2O7. The predicted octanol–water partition coefficient (Wildman–Crippen LogP) is 3.98. The Kier molecular flexibility index (Phi) is 9.49. The summed E-state index contributed by atoms with van der Waals surface area (Å²) in [5, 5.41) is 10.7. The summed E-state index contributed by atoms with van der Waals surface area (Å²) in [6.45, 7) is 2.71. The molecule has 1 amide bonds. The fourth-order valence-corrected chi connectivity index (χ4v) is 4.86. The number of hydrogen-bond donors (Lipinski definition) is 2. The van der Waals surface area contributed by atoms with E-state index in [0.717, 1.165) is 37.2 Å². The van der Waals surface area contributed by atoms with Gasteiger partial charge in [0, 0.05) is 18.9 Å². The van der Waals surface area contributed by atoms with Crippen LogP contribution in [0.1, 0.15) is 54.2 Å². The first-order chi connectivity index (χ1) is 18.9. The molecule has 0 aliphatic carbocycles. The van der Waals surface area contributed by atoms with Gasteiger partial charge in [0.1, 0.15) is 11.5 Å².